The summed E-state index contributed by atoms with van der Waals surface area (Å²) in [5.74, 6) is 1.80. The van der Waals surface area contributed by atoms with Crippen LogP contribution in [0.4, 0.5) is 0 Å². The van der Waals surface area contributed by atoms with E-state index in [9.17, 15) is 0 Å². The summed E-state index contributed by atoms with van der Waals surface area (Å²) in [6.07, 6.45) is 1.22. The second-order valence-corrected chi connectivity index (χ2v) is 2.92. The molecule has 2 heteroatoms. The van der Waals surface area contributed by atoms with E-state index in [-0.39, 0.29) is 0 Å². The average Bonchev–Trinajstić information content (AvgIpc) is 1.87. The molecule has 10 heavy (non-hydrogen) atoms. The Labute approximate surface area is 63.7 Å². The third-order valence-electron chi connectivity index (χ3n) is 1.44. The Morgan fingerprint density at radius 1 is 1.50 bits per heavy atom. The molecule has 0 bridgehead atoms. The molecule has 60 valence electrons. The van der Waals surface area contributed by atoms with Gasteiger partial charge in [0.1, 0.15) is 0 Å². The maximum Gasteiger partial charge on any atom is 0.0928 e. The molecular weight excluding hydrogens is 124 g/mol. The summed E-state index contributed by atoms with van der Waals surface area (Å²) >= 11 is 0. The van der Waals surface area contributed by atoms with Crippen molar-refractivity contribution in [2.75, 3.05) is 13.6 Å². The summed E-state index contributed by atoms with van der Waals surface area (Å²) in [4.78, 5) is 3.99. The number of nitrogens with zero attached hydrogens (tertiary/aromatic N) is 1. The second-order valence-electron chi connectivity index (χ2n) is 2.92. The fraction of sp³-hybridized carbons (Fsp3) is 0.875. The first-order valence-corrected chi connectivity index (χ1v) is 3.84. The molecule has 0 spiro atoms. The predicted octanol–water partition coefficient (Wildman–Crippen LogP) is 1.67. The molecule has 0 heterocycles. The van der Waals surface area contributed by atoms with Crippen LogP contribution in [0.15, 0.2) is 4.99 Å². The van der Waals surface area contributed by atoms with Crippen molar-refractivity contribution in [3.63, 3.8) is 0 Å². The highest BCUT2D eigenvalue weighted by Gasteiger charge is 1.92. The van der Waals surface area contributed by atoms with Gasteiger partial charge in [0.2, 0.25) is 0 Å². The first kappa shape index (κ1) is 9.47. The van der Waals surface area contributed by atoms with Crippen molar-refractivity contribution in [3.05, 3.63) is 0 Å². The first-order valence-electron chi connectivity index (χ1n) is 3.84. The molecule has 0 saturated carbocycles. The van der Waals surface area contributed by atoms with Crippen LogP contribution in [0.1, 0.15) is 27.2 Å². The van der Waals surface area contributed by atoms with Gasteiger partial charge in [-0.3, -0.25) is 4.99 Å². The highest BCUT2D eigenvalue weighted by molar-refractivity contribution is 5.79. The predicted molar refractivity (Wildman–Crippen MR) is 46.5 cm³/mol. The highest BCUT2D eigenvalue weighted by atomic mass is 15.0. The minimum atomic E-state index is 0.775. The SMILES string of the molecule is CN=C(C)NCCC(C)C. The zero-order valence-corrected chi connectivity index (χ0v) is 7.44. The molecule has 0 aliphatic carbocycles. The molecule has 0 aliphatic heterocycles. The molecule has 0 aliphatic rings. The summed E-state index contributed by atoms with van der Waals surface area (Å²) in [5.41, 5.74) is 0. The molecule has 0 aromatic carbocycles. The second kappa shape index (κ2) is 5.27. The van der Waals surface area contributed by atoms with Gasteiger partial charge in [0.05, 0.1) is 5.84 Å². The van der Waals surface area contributed by atoms with Crippen molar-refractivity contribution in [1.82, 2.24) is 5.32 Å². The Morgan fingerprint density at radius 2 is 2.10 bits per heavy atom. The van der Waals surface area contributed by atoms with E-state index < -0.39 is 0 Å². The molecular formula is C8H18N2. The molecule has 1 N–H and O–H groups in total. The van der Waals surface area contributed by atoms with Crippen LogP contribution < -0.4 is 5.32 Å². The van der Waals surface area contributed by atoms with Crippen LogP contribution in [0.25, 0.3) is 0 Å². The van der Waals surface area contributed by atoms with Gasteiger partial charge in [0, 0.05) is 13.6 Å². The van der Waals surface area contributed by atoms with Crippen molar-refractivity contribution in [2.24, 2.45) is 10.9 Å². The smallest absolute Gasteiger partial charge is 0.0928 e. The van der Waals surface area contributed by atoms with Gasteiger partial charge < -0.3 is 5.32 Å². The highest BCUT2D eigenvalue weighted by Crippen LogP contribution is 1.95. The third kappa shape index (κ3) is 5.60. The third-order valence-corrected chi connectivity index (χ3v) is 1.44. The summed E-state index contributed by atoms with van der Waals surface area (Å²) < 4.78 is 0. The number of rotatable bonds is 3. The van der Waals surface area contributed by atoms with Gasteiger partial charge in [0.15, 0.2) is 0 Å². The minimum Gasteiger partial charge on any atom is -0.374 e. The monoisotopic (exact) mass is 142 g/mol. The fourth-order valence-electron chi connectivity index (χ4n) is 0.621. The molecule has 0 radical (unpaired) electrons. The Hall–Kier alpha value is -0.530. The largest absolute Gasteiger partial charge is 0.374 e. The lowest BCUT2D eigenvalue weighted by atomic mass is 10.1. The topological polar surface area (TPSA) is 24.4 Å². The fourth-order valence-corrected chi connectivity index (χ4v) is 0.621. The Morgan fingerprint density at radius 3 is 2.50 bits per heavy atom. The maximum absolute atomic E-state index is 3.99. The normalized spacial score (nSPS) is 12.3. The van der Waals surface area contributed by atoms with Crippen molar-refractivity contribution < 1.29 is 0 Å². The van der Waals surface area contributed by atoms with E-state index in [1.165, 1.54) is 6.42 Å². The van der Waals surface area contributed by atoms with E-state index in [1.807, 2.05) is 6.92 Å². The summed E-state index contributed by atoms with van der Waals surface area (Å²) in [6.45, 7) is 7.47. The number of aliphatic imine (C=N–C) groups is 1. The molecule has 0 rings (SSSR count). The van der Waals surface area contributed by atoms with Crippen LogP contribution in [0.5, 0.6) is 0 Å². The van der Waals surface area contributed by atoms with Crippen LogP contribution >= 0.6 is 0 Å². The van der Waals surface area contributed by atoms with Gasteiger partial charge in [-0.05, 0) is 19.3 Å². The lowest BCUT2D eigenvalue weighted by molar-refractivity contribution is 0.577. The number of hydrogen-bond acceptors (Lipinski definition) is 1. The van der Waals surface area contributed by atoms with E-state index in [0.29, 0.717) is 0 Å². The standard InChI is InChI=1S/C8H18N2/c1-7(2)5-6-10-8(3)9-4/h7H,5-6H2,1-4H3,(H,9,10). The number of amidine groups is 1. The van der Waals surface area contributed by atoms with Crippen LogP contribution in [0.2, 0.25) is 0 Å². The van der Waals surface area contributed by atoms with Crippen molar-refractivity contribution >= 4 is 5.84 Å². The van der Waals surface area contributed by atoms with E-state index >= 15 is 0 Å². The number of nitrogens with one attached hydrogen (secondary N) is 1. The van der Waals surface area contributed by atoms with E-state index in [4.69, 9.17) is 0 Å². The maximum atomic E-state index is 3.99. The molecule has 2 nitrogen and oxygen atoms in total. The van der Waals surface area contributed by atoms with Crippen molar-refractivity contribution in [2.45, 2.75) is 27.2 Å². The van der Waals surface area contributed by atoms with Gasteiger partial charge in [-0.15, -0.1) is 0 Å². The van der Waals surface area contributed by atoms with Crippen molar-refractivity contribution in [3.8, 4) is 0 Å². The van der Waals surface area contributed by atoms with Crippen LogP contribution in [0.3, 0.4) is 0 Å². The summed E-state index contributed by atoms with van der Waals surface area (Å²) in [5, 5.41) is 3.21. The first-order chi connectivity index (χ1) is 4.66. The van der Waals surface area contributed by atoms with Gasteiger partial charge in [0.25, 0.3) is 0 Å². The molecule has 0 aromatic heterocycles. The van der Waals surface area contributed by atoms with Crippen LogP contribution in [-0.4, -0.2) is 19.4 Å². The quantitative estimate of drug-likeness (QED) is 0.470. The number of hydrogen-bond donors (Lipinski definition) is 1. The van der Waals surface area contributed by atoms with Crippen LogP contribution in [-0.2, 0) is 0 Å². The van der Waals surface area contributed by atoms with E-state index in [2.05, 4.69) is 24.2 Å². The van der Waals surface area contributed by atoms with Gasteiger partial charge in [-0.2, -0.15) is 0 Å². The van der Waals surface area contributed by atoms with E-state index in [1.54, 1.807) is 7.05 Å². The molecule has 0 unspecified atom stereocenters. The minimum absolute atomic E-state index is 0.775. The molecule has 0 saturated heterocycles. The lowest BCUT2D eigenvalue weighted by Gasteiger charge is -2.06. The van der Waals surface area contributed by atoms with Gasteiger partial charge in [-0.25, -0.2) is 0 Å². The average molecular weight is 142 g/mol. The Kier molecular flexibility index (Phi) is 4.99. The zero-order valence-electron chi connectivity index (χ0n) is 7.44. The lowest BCUT2D eigenvalue weighted by Crippen LogP contribution is -2.22. The Bertz CT molecular complexity index is 106. The zero-order chi connectivity index (χ0) is 7.98. The molecule has 0 fully saturated rings. The summed E-state index contributed by atoms with van der Waals surface area (Å²) in [7, 11) is 1.80. The summed E-state index contributed by atoms with van der Waals surface area (Å²) in [6, 6.07) is 0. The van der Waals surface area contributed by atoms with Crippen LogP contribution in [0, 0.1) is 5.92 Å². The van der Waals surface area contributed by atoms with Crippen molar-refractivity contribution in [1.29, 1.82) is 0 Å². The molecule has 0 atom stereocenters. The molecule has 0 aromatic rings. The Balaban J connectivity index is 3.20. The van der Waals surface area contributed by atoms with Gasteiger partial charge >= 0.3 is 0 Å². The van der Waals surface area contributed by atoms with E-state index in [0.717, 1.165) is 18.3 Å². The van der Waals surface area contributed by atoms with Gasteiger partial charge in [-0.1, -0.05) is 13.8 Å². The molecule has 0 amide bonds.